The van der Waals surface area contributed by atoms with Gasteiger partial charge in [-0.05, 0) is 59.7 Å². The second kappa shape index (κ2) is 19.9. The average molecular weight is 833 g/mol. The number of ketones is 1. The molecule has 18 nitrogen and oxygen atoms in total. The van der Waals surface area contributed by atoms with E-state index in [0.29, 0.717) is 24.1 Å². The van der Waals surface area contributed by atoms with E-state index in [1.165, 1.54) is 18.1 Å². The van der Waals surface area contributed by atoms with Crippen molar-refractivity contribution in [2.24, 2.45) is 11.8 Å². The molecule has 0 fully saturated rings. The Bertz CT molecular complexity index is 1940. The molecule has 21 heteroatoms. The molecule has 0 aliphatic carbocycles. The minimum absolute atomic E-state index is 0.0551. The predicted octanol–water partition coefficient (Wildman–Crippen LogP) is 2.90. The molecule has 57 heavy (non-hydrogen) atoms. The van der Waals surface area contributed by atoms with Gasteiger partial charge in [0.2, 0.25) is 11.8 Å². The van der Waals surface area contributed by atoms with Gasteiger partial charge in [-0.25, -0.2) is 4.79 Å². The fourth-order valence-corrected chi connectivity index (χ4v) is 8.02. The van der Waals surface area contributed by atoms with Gasteiger partial charge in [0.15, 0.2) is 5.78 Å². The maximum Gasteiger partial charge on any atom is 0.481 e. The Morgan fingerprint density at radius 3 is 2.21 bits per heavy atom. The molecule has 1 aliphatic heterocycles. The SMILES string of the molecule is CC(C)C[C@H](NC(=O)[C@@H](CC(=O)c1ccccn1)Cc1ccccc1)B1OCc2ccc(N(C)C(=O)OCCNC(=O)CC(O)(P(=O)(O)O)P(=O)(O)O)cc2CO1. The molecule has 0 saturated carbocycles. The summed E-state index contributed by atoms with van der Waals surface area (Å²) < 4.78 is 40.5. The van der Waals surface area contributed by atoms with E-state index in [-0.39, 0.29) is 42.9 Å². The van der Waals surface area contributed by atoms with Crippen LogP contribution in [0.2, 0.25) is 0 Å². The lowest BCUT2D eigenvalue weighted by Gasteiger charge is -2.28. The normalized spacial score (nSPS) is 14.5. The third-order valence-corrected chi connectivity index (χ3v) is 12.8. The van der Waals surface area contributed by atoms with Gasteiger partial charge in [0.05, 0.1) is 32.1 Å². The molecule has 4 rings (SSSR count). The molecule has 7 N–H and O–H groups in total. The molecule has 1 aliphatic rings. The number of amides is 3. The van der Waals surface area contributed by atoms with Crippen LogP contribution in [0.15, 0.2) is 72.9 Å². The smallest absolute Gasteiger partial charge is 0.447 e. The molecule has 3 amide bonds. The van der Waals surface area contributed by atoms with Crippen LogP contribution in [0, 0.1) is 11.8 Å². The van der Waals surface area contributed by atoms with Crippen molar-refractivity contribution in [1.82, 2.24) is 15.6 Å². The average Bonchev–Trinajstić information content (AvgIpc) is 3.37. The van der Waals surface area contributed by atoms with Crippen molar-refractivity contribution in [1.29, 1.82) is 0 Å². The van der Waals surface area contributed by atoms with Crippen LogP contribution >= 0.6 is 15.2 Å². The maximum absolute atomic E-state index is 14.0. The van der Waals surface area contributed by atoms with E-state index < -0.39 is 70.8 Å². The second-order valence-corrected chi connectivity index (χ2v) is 18.0. The van der Waals surface area contributed by atoms with E-state index in [1.807, 2.05) is 44.2 Å². The van der Waals surface area contributed by atoms with Crippen LogP contribution < -0.4 is 15.5 Å². The molecule has 2 atom stereocenters. The summed E-state index contributed by atoms with van der Waals surface area (Å²) in [5.41, 5.74) is 3.05. The summed E-state index contributed by atoms with van der Waals surface area (Å²) in [6.07, 6.45) is -0.143. The number of anilines is 1. The number of Topliss-reactive ketones (excluding diaryl/α,β-unsaturated/α-hetero) is 1. The zero-order chi connectivity index (χ0) is 42.0. The summed E-state index contributed by atoms with van der Waals surface area (Å²) in [5.74, 6) is -3.02. The highest BCUT2D eigenvalue weighted by molar-refractivity contribution is 7.72. The van der Waals surface area contributed by atoms with Gasteiger partial charge in [-0.15, -0.1) is 0 Å². The van der Waals surface area contributed by atoms with E-state index >= 15 is 0 Å². The van der Waals surface area contributed by atoms with Crippen LogP contribution in [-0.2, 0) is 52.4 Å². The number of carbonyl (C=O) groups is 4. The van der Waals surface area contributed by atoms with Crippen LogP contribution in [0.4, 0.5) is 10.5 Å². The number of hydrogen-bond donors (Lipinski definition) is 7. The number of nitrogens with zero attached hydrogens (tertiary/aromatic N) is 2. The third kappa shape index (κ3) is 12.6. The standard InChI is InChI=1S/C36H47BN4O14P2/c1-24(2)17-32(40-34(44)27(18-25-9-5-4-6-10-25)20-31(42)30-11-7-8-14-38-30)37-54-22-26-12-13-29(19-28(26)23-55-37)41(3)35(45)53-16-15-39-33(43)21-36(46,56(47,48)49)57(50,51)52/h4-14,19,24,27,32,46H,15-18,20-23H2,1-3H3,(H,39,43)(H,40,44)(H2,47,48,49)(H2,50,51,52)/t27-,32+/m1/s1. The van der Waals surface area contributed by atoms with Gasteiger partial charge in [-0.2, -0.15) is 0 Å². The number of aromatic nitrogens is 1. The van der Waals surface area contributed by atoms with Gasteiger partial charge < -0.3 is 49.4 Å². The summed E-state index contributed by atoms with van der Waals surface area (Å²) in [6, 6.07) is 19.6. The molecular weight excluding hydrogens is 785 g/mol. The van der Waals surface area contributed by atoms with Crippen molar-refractivity contribution >= 4 is 51.7 Å². The minimum atomic E-state index is -5.83. The lowest BCUT2D eigenvalue weighted by atomic mass is 9.73. The van der Waals surface area contributed by atoms with Crippen molar-refractivity contribution in [3.8, 4) is 0 Å². The van der Waals surface area contributed by atoms with Crippen LogP contribution in [0.3, 0.4) is 0 Å². The van der Waals surface area contributed by atoms with Gasteiger partial charge >= 0.3 is 28.4 Å². The number of pyridine rings is 1. The van der Waals surface area contributed by atoms with Gasteiger partial charge in [0.1, 0.15) is 12.3 Å². The topological polar surface area (TPSA) is 271 Å². The number of hydrogen-bond acceptors (Lipinski definition) is 11. The Hall–Kier alpha value is -4.29. The largest absolute Gasteiger partial charge is 0.481 e. The minimum Gasteiger partial charge on any atom is -0.447 e. The second-order valence-electron chi connectivity index (χ2n) is 14.0. The lowest BCUT2D eigenvalue weighted by Crippen LogP contribution is -2.51. The van der Waals surface area contributed by atoms with E-state index in [2.05, 4.69) is 15.6 Å². The lowest BCUT2D eigenvalue weighted by molar-refractivity contribution is -0.125. The molecule has 2 aromatic carbocycles. The predicted molar refractivity (Wildman–Crippen MR) is 206 cm³/mol. The molecule has 3 aromatic rings. The highest BCUT2D eigenvalue weighted by Gasteiger charge is 2.60. The highest BCUT2D eigenvalue weighted by atomic mass is 31.2. The van der Waals surface area contributed by atoms with Crippen LogP contribution in [0.5, 0.6) is 0 Å². The number of carbonyl (C=O) groups excluding carboxylic acids is 4. The Kier molecular flexibility index (Phi) is 15.9. The first-order valence-corrected chi connectivity index (χ1v) is 21.2. The summed E-state index contributed by atoms with van der Waals surface area (Å²) in [5, 5.41) is 11.2. The molecule has 308 valence electrons. The van der Waals surface area contributed by atoms with Crippen molar-refractivity contribution in [3.05, 3.63) is 95.3 Å². The molecule has 0 unspecified atom stereocenters. The summed E-state index contributed by atoms with van der Waals surface area (Å²) in [7, 11) is -11.1. The number of fused-ring (bicyclic) bond motifs is 1. The monoisotopic (exact) mass is 832 g/mol. The van der Waals surface area contributed by atoms with Gasteiger partial charge in [0, 0.05) is 31.3 Å². The zero-order valence-corrected chi connectivity index (χ0v) is 33.4. The maximum atomic E-state index is 14.0. The van der Waals surface area contributed by atoms with Crippen LogP contribution in [0.25, 0.3) is 0 Å². The Morgan fingerprint density at radius 1 is 0.947 bits per heavy atom. The Balaban J connectivity index is 1.37. The molecule has 0 spiro atoms. The van der Waals surface area contributed by atoms with Crippen molar-refractivity contribution in [3.63, 3.8) is 0 Å². The zero-order valence-electron chi connectivity index (χ0n) is 31.6. The number of benzene rings is 2. The van der Waals surface area contributed by atoms with Gasteiger partial charge in [-0.3, -0.25) is 33.4 Å². The molecule has 0 bridgehead atoms. The molecule has 2 heterocycles. The van der Waals surface area contributed by atoms with E-state index in [4.69, 9.17) is 14.0 Å². The summed E-state index contributed by atoms with van der Waals surface area (Å²) in [4.78, 5) is 94.3. The molecule has 1 aromatic heterocycles. The van der Waals surface area contributed by atoms with Crippen molar-refractivity contribution in [2.45, 2.75) is 63.8 Å². The number of ether oxygens (including phenoxy) is 1. The Morgan fingerprint density at radius 2 is 1.60 bits per heavy atom. The van der Waals surface area contributed by atoms with Crippen LogP contribution in [-0.4, -0.2) is 91.7 Å². The number of nitrogens with one attached hydrogen (secondary N) is 2. The third-order valence-electron chi connectivity index (χ3n) is 9.10. The first kappa shape index (κ1) is 45.4. The molecule has 0 radical (unpaired) electrons. The summed E-state index contributed by atoms with van der Waals surface area (Å²) in [6.45, 7) is 3.36. The first-order chi connectivity index (χ1) is 26.8. The van der Waals surface area contributed by atoms with Gasteiger partial charge in [-0.1, -0.05) is 56.3 Å². The van der Waals surface area contributed by atoms with E-state index in [0.717, 1.165) is 11.1 Å². The fraction of sp³-hybridized carbons (Fsp3) is 0.417. The molecule has 0 saturated heterocycles. The van der Waals surface area contributed by atoms with Crippen LogP contribution in [0.1, 0.15) is 60.3 Å². The van der Waals surface area contributed by atoms with E-state index in [9.17, 15) is 53.0 Å². The van der Waals surface area contributed by atoms with Gasteiger partial charge in [0.25, 0.3) is 5.08 Å². The van der Waals surface area contributed by atoms with E-state index in [1.54, 1.807) is 36.4 Å². The van der Waals surface area contributed by atoms with Crippen molar-refractivity contribution < 1.29 is 67.0 Å². The van der Waals surface area contributed by atoms with Crippen molar-refractivity contribution in [2.75, 3.05) is 25.1 Å². The summed E-state index contributed by atoms with van der Waals surface area (Å²) >= 11 is 0. The number of aliphatic hydroxyl groups is 1. The number of rotatable bonds is 18. The quantitative estimate of drug-likeness (QED) is 0.0420. The molecular formula is C36H47BN4O14P2. The first-order valence-electron chi connectivity index (χ1n) is 17.9. The Labute approximate surface area is 329 Å². The highest BCUT2D eigenvalue weighted by Crippen LogP contribution is 2.68. The fourth-order valence-electron chi connectivity index (χ4n) is 5.96.